The fourth-order valence-electron chi connectivity index (χ4n) is 0.543. The van der Waals surface area contributed by atoms with Crippen molar-refractivity contribution in [1.29, 1.82) is 0 Å². The smallest absolute Gasteiger partial charge is 0.182 e. The summed E-state index contributed by atoms with van der Waals surface area (Å²) in [6.45, 7) is 3.16. The van der Waals surface area contributed by atoms with E-state index < -0.39 is 0 Å². The molecule has 1 N–H and O–H groups in total. The molecule has 0 aliphatic carbocycles. The van der Waals surface area contributed by atoms with Crippen molar-refractivity contribution < 1.29 is 0 Å². The zero-order valence-electron chi connectivity index (χ0n) is 5.42. The van der Waals surface area contributed by atoms with Gasteiger partial charge < -0.3 is 5.32 Å². The first kappa shape index (κ1) is 6.55. The van der Waals surface area contributed by atoms with E-state index in [4.69, 9.17) is 0 Å². The zero-order valence-corrected chi connectivity index (χ0v) is 6.24. The van der Waals surface area contributed by atoms with Crippen LogP contribution in [0.1, 0.15) is 13.3 Å². The number of hydrogen-bond acceptors (Lipinski definition) is 3. The second kappa shape index (κ2) is 3.45. The summed E-state index contributed by atoms with van der Waals surface area (Å²) in [6, 6.07) is 0. The van der Waals surface area contributed by atoms with Crippen molar-refractivity contribution >= 4 is 16.5 Å². The van der Waals surface area contributed by atoms with E-state index in [1.165, 1.54) is 0 Å². The highest BCUT2D eigenvalue weighted by Gasteiger charge is 1.88. The second-order valence-electron chi connectivity index (χ2n) is 1.76. The predicted octanol–water partition coefficient (Wildman–Crippen LogP) is 1.96. The van der Waals surface area contributed by atoms with Gasteiger partial charge in [-0.3, -0.25) is 0 Å². The minimum atomic E-state index is 1.02. The molecule has 2 nitrogen and oxygen atoms in total. The quantitative estimate of drug-likeness (QED) is 0.698. The maximum atomic E-state index is 4.06. The van der Waals surface area contributed by atoms with E-state index in [0.717, 1.165) is 18.1 Å². The fourth-order valence-corrected chi connectivity index (χ4v) is 1.10. The van der Waals surface area contributed by atoms with Crippen LogP contribution >= 0.6 is 11.3 Å². The van der Waals surface area contributed by atoms with E-state index in [9.17, 15) is 0 Å². The molecule has 0 saturated carbocycles. The Hall–Kier alpha value is -0.570. The van der Waals surface area contributed by atoms with Gasteiger partial charge in [0.25, 0.3) is 0 Å². The molecule has 9 heavy (non-hydrogen) atoms. The van der Waals surface area contributed by atoms with Crippen molar-refractivity contribution in [3.05, 3.63) is 11.6 Å². The average molecular weight is 142 g/mol. The molecule has 1 heterocycles. The number of rotatable bonds is 3. The first-order valence-electron chi connectivity index (χ1n) is 3.07. The molecule has 0 saturated heterocycles. The fraction of sp³-hybridized carbons (Fsp3) is 0.500. The van der Waals surface area contributed by atoms with Crippen LogP contribution in [-0.4, -0.2) is 11.5 Å². The van der Waals surface area contributed by atoms with E-state index in [-0.39, 0.29) is 0 Å². The highest BCUT2D eigenvalue weighted by atomic mass is 32.1. The van der Waals surface area contributed by atoms with E-state index in [2.05, 4.69) is 17.2 Å². The van der Waals surface area contributed by atoms with Crippen molar-refractivity contribution in [1.82, 2.24) is 4.98 Å². The first-order chi connectivity index (χ1) is 4.43. The van der Waals surface area contributed by atoms with Gasteiger partial charge in [-0.15, -0.1) is 11.3 Å². The number of nitrogens with zero attached hydrogens (tertiary/aromatic N) is 1. The third-order valence-corrected chi connectivity index (χ3v) is 1.69. The summed E-state index contributed by atoms with van der Waals surface area (Å²) >= 11 is 1.64. The lowest BCUT2D eigenvalue weighted by molar-refractivity contribution is 0.976. The molecule has 50 valence electrons. The Labute approximate surface area is 58.9 Å². The molecule has 0 aliphatic heterocycles. The van der Waals surface area contributed by atoms with E-state index in [1.54, 1.807) is 11.3 Å². The van der Waals surface area contributed by atoms with Crippen molar-refractivity contribution in [2.75, 3.05) is 11.9 Å². The summed E-state index contributed by atoms with van der Waals surface area (Å²) in [6.07, 6.45) is 2.96. The lowest BCUT2D eigenvalue weighted by Gasteiger charge is -1.95. The van der Waals surface area contributed by atoms with Crippen LogP contribution in [0.25, 0.3) is 0 Å². The standard InChI is InChI=1S/C6H10N2S/c1-2-3-7-6-8-4-5-9-6/h4-5H,2-3H2,1H3,(H,7,8). The molecule has 3 heteroatoms. The van der Waals surface area contributed by atoms with Gasteiger partial charge >= 0.3 is 0 Å². The summed E-state index contributed by atoms with van der Waals surface area (Å²) < 4.78 is 0. The Morgan fingerprint density at radius 1 is 1.78 bits per heavy atom. The van der Waals surface area contributed by atoms with Gasteiger partial charge in [0, 0.05) is 18.1 Å². The lowest BCUT2D eigenvalue weighted by atomic mass is 10.5. The molecule has 0 aromatic carbocycles. The largest absolute Gasteiger partial charge is 0.362 e. The van der Waals surface area contributed by atoms with Crippen LogP contribution in [0.2, 0.25) is 0 Å². The van der Waals surface area contributed by atoms with Crippen molar-refractivity contribution in [2.24, 2.45) is 0 Å². The van der Waals surface area contributed by atoms with Gasteiger partial charge in [0.15, 0.2) is 5.13 Å². The minimum absolute atomic E-state index is 1.02. The molecule has 0 aliphatic rings. The van der Waals surface area contributed by atoms with Crippen LogP contribution < -0.4 is 5.32 Å². The topological polar surface area (TPSA) is 24.9 Å². The van der Waals surface area contributed by atoms with Gasteiger partial charge in [-0.25, -0.2) is 4.98 Å². The number of anilines is 1. The Balaban J connectivity index is 2.30. The van der Waals surface area contributed by atoms with Crippen LogP contribution in [0.5, 0.6) is 0 Å². The number of thiazole rings is 1. The zero-order chi connectivity index (χ0) is 6.53. The van der Waals surface area contributed by atoms with E-state index in [1.807, 2.05) is 11.6 Å². The van der Waals surface area contributed by atoms with Gasteiger partial charge in [0.2, 0.25) is 0 Å². The minimum Gasteiger partial charge on any atom is -0.362 e. The molecule has 0 atom stereocenters. The van der Waals surface area contributed by atoms with Gasteiger partial charge in [-0.1, -0.05) is 6.92 Å². The summed E-state index contributed by atoms with van der Waals surface area (Å²) in [5, 5.41) is 6.18. The van der Waals surface area contributed by atoms with Gasteiger partial charge in [0.1, 0.15) is 0 Å². The molecule has 0 bridgehead atoms. The maximum absolute atomic E-state index is 4.06. The van der Waals surface area contributed by atoms with Crippen molar-refractivity contribution in [2.45, 2.75) is 13.3 Å². The molecule has 1 aromatic heterocycles. The lowest BCUT2D eigenvalue weighted by Crippen LogP contribution is -1.97. The summed E-state index contributed by atoms with van der Waals surface area (Å²) in [7, 11) is 0. The molecule has 0 spiro atoms. The third kappa shape index (κ3) is 2.01. The molecule has 1 rings (SSSR count). The van der Waals surface area contributed by atoms with Gasteiger partial charge in [0.05, 0.1) is 0 Å². The van der Waals surface area contributed by atoms with Crippen LogP contribution in [0.3, 0.4) is 0 Å². The SMILES string of the molecule is CCCNc1nccs1. The van der Waals surface area contributed by atoms with Crippen LogP contribution in [0, 0.1) is 0 Å². The van der Waals surface area contributed by atoms with E-state index >= 15 is 0 Å². The highest BCUT2D eigenvalue weighted by molar-refractivity contribution is 7.13. The van der Waals surface area contributed by atoms with Crippen molar-refractivity contribution in [3.8, 4) is 0 Å². The van der Waals surface area contributed by atoms with E-state index in [0.29, 0.717) is 0 Å². The normalized spacial score (nSPS) is 9.44. The van der Waals surface area contributed by atoms with Gasteiger partial charge in [-0.05, 0) is 6.42 Å². The summed E-state index contributed by atoms with van der Waals surface area (Å²) in [5.74, 6) is 0. The van der Waals surface area contributed by atoms with Crippen molar-refractivity contribution in [3.63, 3.8) is 0 Å². The number of nitrogens with one attached hydrogen (secondary N) is 1. The summed E-state index contributed by atoms with van der Waals surface area (Å²) in [4.78, 5) is 4.06. The van der Waals surface area contributed by atoms with Crippen LogP contribution in [-0.2, 0) is 0 Å². The maximum Gasteiger partial charge on any atom is 0.182 e. The number of aromatic nitrogens is 1. The summed E-state index contributed by atoms with van der Waals surface area (Å²) in [5.41, 5.74) is 0. The van der Waals surface area contributed by atoms with Gasteiger partial charge in [-0.2, -0.15) is 0 Å². The van der Waals surface area contributed by atoms with Crippen LogP contribution in [0.4, 0.5) is 5.13 Å². The Morgan fingerprint density at radius 2 is 2.67 bits per heavy atom. The number of hydrogen-bond donors (Lipinski definition) is 1. The Kier molecular flexibility index (Phi) is 2.51. The molecule has 0 fully saturated rings. The molecule has 0 amide bonds. The molecule has 0 radical (unpaired) electrons. The second-order valence-corrected chi connectivity index (χ2v) is 2.66. The molecular formula is C6H10N2S. The first-order valence-corrected chi connectivity index (χ1v) is 3.95. The predicted molar refractivity (Wildman–Crippen MR) is 40.9 cm³/mol. The molecule has 1 aromatic rings. The third-order valence-electron chi connectivity index (χ3n) is 0.959. The van der Waals surface area contributed by atoms with Crippen LogP contribution in [0.15, 0.2) is 11.6 Å². The molecular weight excluding hydrogens is 132 g/mol. The average Bonchev–Trinajstić information content (AvgIpc) is 2.34. The Morgan fingerprint density at radius 3 is 3.22 bits per heavy atom. The molecule has 0 unspecified atom stereocenters. The highest BCUT2D eigenvalue weighted by Crippen LogP contribution is 2.09. The monoisotopic (exact) mass is 142 g/mol. The Bertz CT molecular complexity index is 148.